The number of methoxy groups -OCH3 is 1. The molecule has 0 radical (unpaired) electrons. The summed E-state index contributed by atoms with van der Waals surface area (Å²) >= 11 is 3.42. The summed E-state index contributed by atoms with van der Waals surface area (Å²) in [5.74, 6) is 0.406. The van der Waals surface area contributed by atoms with Crippen LogP contribution in [0.5, 0.6) is 5.75 Å². The Balaban J connectivity index is 1.78. The predicted octanol–water partition coefficient (Wildman–Crippen LogP) is 4.54. The summed E-state index contributed by atoms with van der Waals surface area (Å²) in [4.78, 5) is 18.2. The van der Waals surface area contributed by atoms with Gasteiger partial charge in [0.1, 0.15) is 17.1 Å². The van der Waals surface area contributed by atoms with Gasteiger partial charge in [0.05, 0.1) is 22.8 Å². The molecule has 0 fully saturated rings. The number of alkyl halides is 3. The zero-order valence-corrected chi connectivity index (χ0v) is 18.0. The molecule has 0 saturated carbocycles. The number of nitrogens with zero attached hydrogens (tertiary/aromatic N) is 4. The van der Waals surface area contributed by atoms with Crippen molar-refractivity contribution in [3.8, 4) is 17.1 Å². The lowest BCUT2D eigenvalue weighted by Crippen LogP contribution is -2.28. The van der Waals surface area contributed by atoms with Gasteiger partial charge >= 0.3 is 6.18 Å². The van der Waals surface area contributed by atoms with E-state index in [1.807, 2.05) is 12.1 Å². The van der Waals surface area contributed by atoms with Gasteiger partial charge in [-0.2, -0.15) is 18.3 Å². The number of amides is 1. The molecule has 0 bridgehead atoms. The molecule has 0 aliphatic heterocycles. The van der Waals surface area contributed by atoms with Gasteiger partial charge in [-0.25, -0.2) is 0 Å². The van der Waals surface area contributed by atoms with Gasteiger partial charge < -0.3 is 9.64 Å². The van der Waals surface area contributed by atoms with Crippen LogP contribution in [0.3, 0.4) is 0 Å². The zero-order chi connectivity index (χ0) is 22.1. The summed E-state index contributed by atoms with van der Waals surface area (Å²) < 4.78 is 45.5. The second-order valence-electron chi connectivity index (χ2n) is 6.60. The van der Waals surface area contributed by atoms with Crippen molar-refractivity contribution in [3.05, 3.63) is 63.9 Å². The van der Waals surface area contributed by atoms with E-state index in [1.54, 1.807) is 27.3 Å². The van der Waals surface area contributed by atoms with Gasteiger partial charge in [-0.05, 0) is 51.8 Å². The molecule has 2 heterocycles. The van der Waals surface area contributed by atoms with Gasteiger partial charge in [0.15, 0.2) is 0 Å². The Kier molecular flexibility index (Phi) is 6.16. The van der Waals surface area contributed by atoms with E-state index in [0.717, 1.165) is 22.3 Å². The Morgan fingerprint density at radius 1 is 1.20 bits per heavy atom. The highest BCUT2D eigenvalue weighted by Crippen LogP contribution is 2.30. The SMILES string of the molecule is COc1ccc(CN(C)C(=O)c2cc(-c3ccc(C(F)(F)F)cn3)nn2C)cc1Br. The second kappa shape index (κ2) is 8.47. The number of ether oxygens (including phenoxy) is 1. The van der Waals surface area contributed by atoms with E-state index < -0.39 is 11.7 Å². The first kappa shape index (κ1) is 21.8. The molecule has 0 atom stereocenters. The van der Waals surface area contributed by atoms with Crippen LogP contribution in [0.1, 0.15) is 21.6 Å². The molecule has 1 aromatic carbocycles. The van der Waals surface area contributed by atoms with Crippen molar-refractivity contribution >= 4 is 21.8 Å². The van der Waals surface area contributed by atoms with E-state index in [9.17, 15) is 18.0 Å². The molecule has 0 saturated heterocycles. The monoisotopic (exact) mass is 482 g/mol. The standard InChI is InChI=1S/C20H18BrF3N4O2/c1-27(11-12-4-7-18(30-3)14(21)8-12)19(29)17-9-16(26-28(17)2)15-6-5-13(10-25-15)20(22,23)24/h4-10H,11H2,1-3H3. The molecule has 0 aliphatic carbocycles. The quantitative estimate of drug-likeness (QED) is 0.535. The van der Waals surface area contributed by atoms with Gasteiger partial charge in [-0.3, -0.25) is 14.5 Å². The number of benzene rings is 1. The average molecular weight is 483 g/mol. The van der Waals surface area contributed by atoms with Gasteiger partial charge in [-0.15, -0.1) is 0 Å². The Bertz CT molecular complexity index is 1060. The minimum Gasteiger partial charge on any atom is -0.496 e. The fraction of sp³-hybridized carbons (Fsp3) is 0.250. The lowest BCUT2D eigenvalue weighted by molar-refractivity contribution is -0.137. The zero-order valence-electron chi connectivity index (χ0n) is 16.4. The molecule has 158 valence electrons. The van der Waals surface area contributed by atoms with E-state index >= 15 is 0 Å². The number of carbonyl (C=O) groups excluding carboxylic acids is 1. The maximum Gasteiger partial charge on any atom is 0.417 e. The van der Waals surface area contributed by atoms with Crippen LogP contribution in [0.25, 0.3) is 11.4 Å². The second-order valence-corrected chi connectivity index (χ2v) is 7.45. The van der Waals surface area contributed by atoms with Gasteiger partial charge in [-0.1, -0.05) is 6.07 Å². The van der Waals surface area contributed by atoms with Gasteiger partial charge in [0.2, 0.25) is 0 Å². The van der Waals surface area contributed by atoms with Crippen LogP contribution in [-0.2, 0) is 19.8 Å². The lowest BCUT2D eigenvalue weighted by Gasteiger charge is -2.17. The molecule has 0 N–H and O–H groups in total. The number of hydrogen-bond donors (Lipinski definition) is 0. The van der Waals surface area contributed by atoms with E-state index in [1.165, 1.54) is 21.7 Å². The first-order valence-electron chi connectivity index (χ1n) is 8.75. The fourth-order valence-electron chi connectivity index (χ4n) is 2.86. The summed E-state index contributed by atoms with van der Waals surface area (Å²) in [5.41, 5.74) is 0.908. The number of rotatable bonds is 5. The Morgan fingerprint density at radius 3 is 2.50 bits per heavy atom. The average Bonchev–Trinajstić information content (AvgIpc) is 3.08. The van der Waals surface area contributed by atoms with E-state index in [4.69, 9.17) is 4.74 Å². The number of hydrogen-bond acceptors (Lipinski definition) is 4. The Morgan fingerprint density at radius 2 is 1.93 bits per heavy atom. The molecule has 3 rings (SSSR count). The third-order valence-electron chi connectivity index (χ3n) is 4.43. The van der Waals surface area contributed by atoms with Crippen molar-refractivity contribution in [2.45, 2.75) is 12.7 Å². The number of carbonyl (C=O) groups is 1. The number of aryl methyl sites for hydroxylation is 1. The van der Waals surface area contributed by atoms with E-state index in [0.29, 0.717) is 23.7 Å². The molecule has 0 aliphatic rings. The highest BCUT2D eigenvalue weighted by molar-refractivity contribution is 9.10. The third kappa shape index (κ3) is 4.64. The van der Waals surface area contributed by atoms with Crippen molar-refractivity contribution < 1.29 is 22.7 Å². The molecular weight excluding hydrogens is 465 g/mol. The minimum absolute atomic E-state index is 0.249. The third-order valence-corrected chi connectivity index (χ3v) is 5.05. The van der Waals surface area contributed by atoms with Crippen molar-refractivity contribution in [1.82, 2.24) is 19.7 Å². The molecular formula is C20H18BrF3N4O2. The van der Waals surface area contributed by atoms with Crippen LogP contribution in [0.4, 0.5) is 13.2 Å². The molecule has 6 nitrogen and oxygen atoms in total. The summed E-state index contributed by atoms with van der Waals surface area (Å²) in [7, 11) is 4.82. The highest BCUT2D eigenvalue weighted by Gasteiger charge is 2.31. The molecule has 1 amide bonds. The van der Waals surface area contributed by atoms with Gasteiger partial charge in [0, 0.05) is 26.8 Å². The van der Waals surface area contributed by atoms with Crippen LogP contribution in [0, 0.1) is 0 Å². The molecule has 3 aromatic rings. The van der Waals surface area contributed by atoms with Crippen molar-refractivity contribution in [3.63, 3.8) is 0 Å². The first-order valence-corrected chi connectivity index (χ1v) is 9.55. The normalized spacial score (nSPS) is 11.4. The van der Waals surface area contributed by atoms with Crippen LogP contribution in [-0.4, -0.2) is 39.7 Å². The maximum absolute atomic E-state index is 12.9. The highest BCUT2D eigenvalue weighted by atomic mass is 79.9. The summed E-state index contributed by atoms with van der Waals surface area (Å²) in [6.45, 7) is 0.348. The number of pyridine rings is 1. The largest absolute Gasteiger partial charge is 0.496 e. The summed E-state index contributed by atoms with van der Waals surface area (Å²) in [5, 5.41) is 4.22. The number of aromatic nitrogens is 3. The van der Waals surface area contributed by atoms with Gasteiger partial charge in [0.25, 0.3) is 5.91 Å². The van der Waals surface area contributed by atoms with Crippen LogP contribution < -0.4 is 4.74 Å². The fourth-order valence-corrected chi connectivity index (χ4v) is 3.44. The Hall–Kier alpha value is -2.88. The van der Waals surface area contributed by atoms with Crippen molar-refractivity contribution in [2.75, 3.05) is 14.2 Å². The van der Waals surface area contributed by atoms with E-state index in [-0.39, 0.29) is 11.6 Å². The topological polar surface area (TPSA) is 60.2 Å². The smallest absolute Gasteiger partial charge is 0.417 e. The maximum atomic E-state index is 12.9. The molecule has 0 unspecified atom stereocenters. The van der Waals surface area contributed by atoms with Crippen LogP contribution in [0.2, 0.25) is 0 Å². The van der Waals surface area contributed by atoms with Crippen molar-refractivity contribution in [1.29, 1.82) is 0 Å². The molecule has 30 heavy (non-hydrogen) atoms. The number of halogens is 4. The van der Waals surface area contributed by atoms with Crippen molar-refractivity contribution in [2.24, 2.45) is 7.05 Å². The molecule has 2 aromatic heterocycles. The minimum atomic E-state index is -4.46. The molecule has 0 spiro atoms. The lowest BCUT2D eigenvalue weighted by atomic mass is 10.2. The summed E-state index contributed by atoms with van der Waals surface area (Å²) in [6, 6.07) is 9.20. The van der Waals surface area contributed by atoms with Crippen LogP contribution >= 0.6 is 15.9 Å². The summed E-state index contributed by atoms with van der Waals surface area (Å²) in [6.07, 6.45) is -3.71. The molecule has 10 heteroatoms. The predicted molar refractivity (Wildman–Crippen MR) is 108 cm³/mol. The van der Waals surface area contributed by atoms with Crippen LogP contribution in [0.15, 0.2) is 47.1 Å². The van der Waals surface area contributed by atoms with E-state index in [2.05, 4.69) is 26.0 Å². The first-order chi connectivity index (χ1) is 14.1. The Labute approximate surface area is 179 Å².